The Labute approximate surface area is 179 Å². The Balaban J connectivity index is 2.21. The number of hydrogen-bond donors (Lipinski definition) is 1. The molecule has 2 aromatic rings. The highest BCUT2D eigenvalue weighted by Crippen LogP contribution is 2.18. The number of rotatable bonds is 11. The van der Waals surface area contributed by atoms with Gasteiger partial charge in [-0.1, -0.05) is 38.1 Å². The van der Waals surface area contributed by atoms with Gasteiger partial charge in [0, 0.05) is 13.1 Å². The van der Waals surface area contributed by atoms with Gasteiger partial charge in [0.15, 0.2) is 6.61 Å². The number of aryl methyl sites for hydroxylation is 1. The van der Waals surface area contributed by atoms with E-state index in [-0.39, 0.29) is 18.4 Å². The van der Waals surface area contributed by atoms with E-state index in [2.05, 4.69) is 5.32 Å². The van der Waals surface area contributed by atoms with E-state index in [9.17, 15) is 9.59 Å². The highest BCUT2D eigenvalue weighted by molar-refractivity contribution is 5.88. The van der Waals surface area contributed by atoms with E-state index in [0.29, 0.717) is 31.0 Å². The molecule has 30 heavy (non-hydrogen) atoms. The third-order valence-electron chi connectivity index (χ3n) is 4.77. The van der Waals surface area contributed by atoms with Gasteiger partial charge in [-0.2, -0.15) is 0 Å². The van der Waals surface area contributed by atoms with Crippen LogP contribution in [0.1, 0.15) is 37.8 Å². The summed E-state index contributed by atoms with van der Waals surface area (Å²) in [6, 6.07) is 14.5. The second-order valence-corrected chi connectivity index (χ2v) is 7.19. The molecule has 162 valence electrons. The first-order valence-electron chi connectivity index (χ1n) is 10.4. The number of amides is 2. The molecular weight excluding hydrogens is 380 g/mol. The van der Waals surface area contributed by atoms with Crippen LogP contribution < -0.4 is 14.8 Å². The SMILES string of the molecule is CCCNC(=O)C(CC)N(Cc1cccc(OC)c1)C(=O)COc1cccc(C)c1. The molecule has 1 atom stereocenters. The summed E-state index contributed by atoms with van der Waals surface area (Å²) in [5.74, 6) is 0.955. The largest absolute Gasteiger partial charge is 0.497 e. The van der Waals surface area contributed by atoms with Crippen LogP contribution >= 0.6 is 0 Å². The van der Waals surface area contributed by atoms with Gasteiger partial charge in [-0.05, 0) is 55.2 Å². The standard InChI is InChI=1S/C24H32N2O4/c1-5-13-25-24(28)22(6-2)26(16-19-10-8-11-20(15-19)29-4)23(27)17-30-21-12-7-9-18(3)14-21/h7-12,14-15,22H,5-6,13,16-17H2,1-4H3,(H,25,28). The predicted octanol–water partition coefficient (Wildman–Crippen LogP) is 3.72. The normalized spacial score (nSPS) is 11.5. The molecule has 0 saturated carbocycles. The van der Waals surface area contributed by atoms with Crippen molar-refractivity contribution in [3.05, 3.63) is 59.7 Å². The Morgan fingerprint density at radius 2 is 1.80 bits per heavy atom. The number of hydrogen-bond acceptors (Lipinski definition) is 4. The molecule has 0 fully saturated rings. The molecule has 0 radical (unpaired) electrons. The summed E-state index contributed by atoms with van der Waals surface area (Å²) >= 11 is 0. The van der Waals surface area contributed by atoms with Gasteiger partial charge in [0.25, 0.3) is 5.91 Å². The molecule has 1 N–H and O–H groups in total. The monoisotopic (exact) mass is 412 g/mol. The predicted molar refractivity (Wildman–Crippen MR) is 118 cm³/mol. The van der Waals surface area contributed by atoms with Gasteiger partial charge >= 0.3 is 0 Å². The lowest BCUT2D eigenvalue weighted by molar-refractivity contribution is -0.143. The summed E-state index contributed by atoms with van der Waals surface area (Å²) in [5.41, 5.74) is 1.94. The zero-order valence-electron chi connectivity index (χ0n) is 18.3. The van der Waals surface area contributed by atoms with Crippen molar-refractivity contribution in [2.75, 3.05) is 20.3 Å². The van der Waals surface area contributed by atoms with E-state index < -0.39 is 6.04 Å². The third-order valence-corrected chi connectivity index (χ3v) is 4.77. The van der Waals surface area contributed by atoms with Gasteiger partial charge in [-0.25, -0.2) is 0 Å². The van der Waals surface area contributed by atoms with E-state index in [1.807, 2.05) is 69.3 Å². The maximum Gasteiger partial charge on any atom is 0.261 e. The Morgan fingerprint density at radius 1 is 1.07 bits per heavy atom. The molecule has 2 aromatic carbocycles. The van der Waals surface area contributed by atoms with Crippen LogP contribution in [0.4, 0.5) is 0 Å². The molecule has 0 aliphatic rings. The number of nitrogens with one attached hydrogen (secondary N) is 1. The molecule has 1 unspecified atom stereocenters. The van der Waals surface area contributed by atoms with Crippen LogP contribution in [0.5, 0.6) is 11.5 Å². The third kappa shape index (κ3) is 6.79. The molecule has 6 nitrogen and oxygen atoms in total. The van der Waals surface area contributed by atoms with Gasteiger partial charge in [0.1, 0.15) is 17.5 Å². The average Bonchev–Trinajstić information content (AvgIpc) is 2.76. The molecule has 0 aliphatic carbocycles. The van der Waals surface area contributed by atoms with Crippen LogP contribution in [0.25, 0.3) is 0 Å². The molecule has 0 bridgehead atoms. The fourth-order valence-corrected chi connectivity index (χ4v) is 3.19. The number of methoxy groups -OCH3 is 1. The highest BCUT2D eigenvalue weighted by Gasteiger charge is 2.28. The lowest BCUT2D eigenvalue weighted by Crippen LogP contribution is -2.50. The van der Waals surface area contributed by atoms with Gasteiger partial charge < -0.3 is 19.7 Å². The van der Waals surface area contributed by atoms with E-state index in [0.717, 1.165) is 17.5 Å². The van der Waals surface area contributed by atoms with Gasteiger partial charge in [0.2, 0.25) is 5.91 Å². The second-order valence-electron chi connectivity index (χ2n) is 7.19. The molecule has 0 aromatic heterocycles. The number of benzene rings is 2. The van der Waals surface area contributed by atoms with Gasteiger partial charge in [0.05, 0.1) is 7.11 Å². The van der Waals surface area contributed by atoms with Crippen LogP contribution in [0.15, 0.2) is 48.5 Å². The second kappa shape index (κ2) is 11.9. The van der Waals surface area contributed by atoms with Crippen LogP contribution in [0.2, 0.25) is 0 Å². The molecule has 0 saturated heterocycles. The summed E-state index contributed by atoms with van der Waals surface area (Å²) < 4.78 is 11.0. The van der Waals surface area contributed by atoms with Crippen LogP contribution in [-0.2, 0) is 16.1 Å². The van der Waals surface area contributed by atoms with Gasteiger partial charge in [-0.15, -0.1) is 0 Å². The molecular formula is C24H32N2O4. The number of ether oxygens (including phenoxy) is 2. The minimum absolute atomic E-state index is 0.134. The molecule has 2 rings (SSSR count). The Bertz CT molecular complexity index is 837. The number of carbonyl (C=O) groups is 2. The van der Waals surface area contributed by atoms with E-state index in [4.69, 9.17) is 9.47 Å². The Morgan fingerprint density at radius 3 is 2.47 bits per heavy atom. The highest BCUT2D eigenvalue weighted by atomic mass is 16.5. The first kappa shape index (κ1) is 23.3. The number of carbonyl (C=O) groups excluding carboxylic acids is 2. The summed E-state index contributed by atoms with van der Waals surface area (Å²) in [6.45, 7) is 6.61. The lowest BCUT2D eigenvalue weighted by Gasteiger charge is -2.30. The maximum atomic E-state index is 13.1. The molecule has 6 heteroatoms. The smallest absolute Gasteiger partial charge is 0.261 e. The minimum Gasteiger partial charge on any atom is -0.497 e. The van der Waals surface area contributed by atoms with Crippen molar-refractivity contribution in [3.63, 3.8) is 0 Å². The van der Waals surface area contributed by atoms with Crippen molar-refractivity contribution in [2.24, 2.45) is 0 Å². The molecule has 2 amide bonds. The average molecular weight is 413 g/mol. The number of nitrogens with zero attached hydrogens (tertiary/aromatic N) is 1. The van der Waals surface area contributed by atoms with Crippen molar-refractivity contribution in [3.8, 4) is 11.5 Å². The maximum absolute atomic E-state index is 13.1. The molecule has 0 heterocycles. The zero-order valence-corrected chi connectivity index (χ0v) is 18.3. The molecule has 0 spiro atoms. The lowest BCUT2D eigenvalue weighted by atomic mass is 10.1. The fourth-order valence-electron chi connectivity index (χ4n) is 3.19. The van der Waals surface area contributed by atoms with Crippen molar-refractivity contribution < 1.29 is 19.1 Å². The van der Waals surface area contributed by atoms with Crippen molar-refractivity contribution in [1.29, 1.82) is 0 Å². The minimum atomic E-state index is -0.573. The van der Waals surface area contributed by atoms with E-state index >= 15 is 0 Å². The summed E-state index contributed by atoms with van der Waals surface area (Å²) in [7, 11) is 1.60. The Kier molecular flexibility index (Phi) is 9.19. The van der Waals surface area contributed by atoms with Crippen molar-refractivity contribution in [1.82, 2.24) is 10.2 Å². The van der Waals surface area contributed by atoms with Crippen LogP contribution in [-0.4, -0.2) is 43.0 Å². The van der Waals surface area contributed by atoms with Crippen molar-refractivity contribution >= 4 is 11.8 Å². The fraction of sp³-hybridized carbons (Fsp3) is 0.417. The quantitative estimate of drug-likeness (QED) is 0.611. The summed E-state index contributed by atoms with van der Waals surface area (Å²) in [5, 5.41) is 2.91. The van der Waals surface area contributed by atoms with Crippen molar-refractivity contribution in [2.45, 2.75) is 46.2 Å². The first-order valence-corrected chi connectivity index (χ1v) is 10.4. The van der Waals surface area contributed by atoms with E-state index in [1.54, 1.807) is 12.0 Å². The Hall–Kier alpha value is -3.02. The summed E-state index contributed by atoms with van der Waals surface area (Å²) in [6.07, 6.45) is 1.35. The summed E-state index contributed by atoms with van der Waals surface area (Å²) in [4.78, 5) is 27.5. The molecule has 0 aliphatic heterocycles. The van der Waals surface area contributed by atoms with E-state index in [1.165, 1.54) is 0 Å². The van der Waals surface area contributed by atoms with Crippen LogP contribution in [0.3, 0.4) is 0 Å². The zero-order chi connectivity index (χ0) is 21.9. The first-order chi connectivity index (χ1) is 14.5. The topological polar surface area (TPSA) is 67.9 Å². The van der Waals surface area contributed by atoms with Crippen LogP contribution in [0, 0.1) is 6.92 Å². The van der Waals surface area contributed by atoms with Gasteiger partial charge in [-0.3, -0.25) is 9.59 Å².